The Kier molecular flexibility index (Phi) is 7.21. The largest absolute Gasteiger partial charge is 0.459 e. The van der Waals surface area contributed by atoms with Crippen molar-refractivity contribution < 1.29 is 9.53 Å². The van der Waals surface area contributed by atoms with E-state index >= 15 is 0 Å². The second-order valence-electron chi connectivity index (χ2n) is 10.6. The summed E-state index contributed by atoms with van der Waals surface area (Å²) in [5.41, 5.74) is 12.0. The highest BCUT2D eigenvalue weighted by Gasteiger charge is 2.41. The molecule has 2 aromatic heterocycles. The van der Waals surface area contributed by atoms with Crippen molar-refractivity contribution in [1.82, 2.24) is 19.9 Å². The summed E-state index contributed by atoms with van der Waals surface area (Å²) in [5.74, 6) is 0.154. The van der Waals surface area contributed by atoms with Crippen LogP contribution < -0.4 is 16.0 Å². The zero-order chi connectivity index (χ0) is 27.0. The van der Waals surface area contributed by atoms with Crippen LogP contribution in [0, 0.1) is 6.92 Å². The van der Waals surface area contributed by atoms with Crippen LogP contribution >= 0.6 is 0 Å². The number of carbonyl (C=O) groups excluding carboxylic acids is 1. The molecule has 0 radical (unpaired) electrons. The van der Waals surface area contributed by atoms with E-state index in [1.54, 1.807) is 26.1 Å². The molecule has 0 saturated carbocycles. The fourth-order valence-corrected chi connectivity index (χ4v) is 5.57. The summed E-state index contributed by atoms with van der Waals surface area (Å²) in [6.45, 7) is 10.1. The molecule has 2 fully saturated rings. The number of carbonyl (C=O) groups is 1. The van der Waals surface area contributed by atoms with Gasteiger partial charge in [0.15, 0.2) is 0 Å². The molecule has 2 saturated heterocycles. The van der Waals surface area contributed by atoms with Crippen molar-refractivity contribution in [3.63, 3.8) is 0 Å². The average Bonchev–Trinajstić information content (AvgIpc) is 3.44. The number of anilines is 4. The van der Waals surface area contributed by atoms with E-state index in [4.69, 9.17) is 15.5 Å². The fourth-order valence-electron chi connectivity index (χ4n) is 5.57. The number of nitrogens with two attached hydrogens (primary N) is 1. The lowest BCUT2D eigenvalue weighted by Gasteiger charge is -2.34. The van der Waals surface area contributed by atoms with E-state index in [-0.39, 0.29) is 17.5 Å². The van der Waals surface area contributed by atoms with Crippen molar-refractivity contribution >= 4 is 29.1 Å². The Bertz CT molecular complexity index is 1340. The lowest BCUT2D eigenvalue weighted by atomic mass is 10.0. The summed E-state index contributed by atoms with van der Waals surface area (Å²) in [4.78, 5) is 31.4. The molecule has 9 nitrogen and oxygen atoms in total. The first-order valence-electron chi connectivity index (χ1n) is 13.4. The third-order valence-electron chi connectivity index (χ3n) is 7.39. The Balaban J connectivity index is 1.40. The van der Waals surface area contributed by atoms with Gasteiger partial charge in [-0.25, -0.2) is 19.7 Å². The van der Waals surface area contributed by atoms with Gasteiger partial charge in [-0.05, 0) is 76.6 Å². The molecule has 2 aliphatic rings. The zero-order valence-corrected chi connectivity index (χ0v) is 22.9. The van der Waals surface area contributed by atoms with E-state index in [9.17, 15) is 4.79 Å². The number of pyridine rings is 1. The minimum Gasteiger partial charge on any atom is -0.459 e. The topological polar surface area (TPSA) is 109 Å². The van der Waals surface area contributed by atoms with Crippen LogP contribution in [0.4, 0.5) is 23.1 Å². The lowest BCUT2D eigenvalue weighted by Crippen LogP contribution is -2.44. The summed E-state index contributed by atoms with van der Waals surface area (Å²) in [5, 5.41) is 3.35. The maximum absolute atomic E-state index is 12.7. The van der Waals surface area contributed by atoms with Crippen LogP contribution in [0.15, 0.2) is 36.5 Å². The van der Waals surface area contributed by atoms with Gasteiger partial charge in [0, 0.05) is 48.3 Å². The second-order valence-corrected chi connectivity index (χ2v) is 10.6. The molecule has 38 heavy (non-hydrogen) atoms. The first kappa shape index (κ1) is 25.9. The third-order valence-corrected chi connectivity index (χ3v) is 7.39. The SMILES string of the molecule is CCCc1nc(N)c(C(=O)OC(C)C)cc1-c1ccnc(Nc2ccc(N3C[C@@H]4C[C@H]3CN4C)c(C)c2)n1. The van der Waals surface area contributed by atoms with Gasteiger partial charge in [0.2, 0.25) is 5.95 Å². The maximum atomic E-state index is 12.7. The van der Waals surface area contributed by atoms with Gasteiger partial charge in [-0.2, -0.15) is 0 Å². The molecular formula is C29H37N7O2. The summed E-state index contributed by atoms with van der Waals surface area (Å²) in [6.07, 6.45) is 4.29. The number of nitrogen functional groups attached to an aromatic ring is 1. The molecule has 2 atom stereocenters. The number of ether oxygens (including phenoxy) is 1. The highest BCUT2D eigenvalue weighted by atomic mass is 16.5. The minimum atomic E-state index is -0.491. The zero-order valence-electron chi connectivity index (χ0n) is 22.9. The Labute approximate surface area is 224 Å². The van der Waals surface area contributed by atoms with Crippen molar-refractivity contribution in [3.8, 4) is 11.3 Å². The molecule has 2 bridgehead atoms. The minimum absolute atomic E-state index is 0.170. The quantitative estimate of drug-likeness (QED) is 0.417. The van der Waals surface area contributed by atoms with Gasteiger partial charge in [0.25, 0.3) is 0 Å². The van der Waals surface area contributed by atoms with Crippen LogP contribution in [0.2, 0.25) is 0 Å². The van der Waals surface area contributed by atoms with Crippen LogP contribution in [0.1, 0.15) is 55.2 Å². The number of benzene rings is 1. The van der Waals surface area contributed by atoms with Gasteiger partial charge in [-0.3, -0.25) is 4.90 Å². The van der Waals surface area contributed by atoms with E-state index in [1.165, 1.54) is 17.7 Å². The van der Waals surface area contributed by atoms with Gasteiger partial charge >= 0.3 is 5.97 Å². The molecule has 2 aliphatic heterocycles. The van der Waals surface area contributed by atoms with E-state index in [1.807, 2.05) is 6.07 Å². The lowest BCUT2D eigenvalue weighted by molar-refractivity contribution is 0.0379. The van der Waals surface area contributed by atoms with E-state index in [2.05, 4.69) is 64.2 Å². The normalized spacial score (nSPS) is 18.8. The molecule has 1 aromatic carbocycles. The number of hydrogen-bond acceptors (Lipinski definition) is 9. The van der Waals surface area contributed by atoms with Gasteiger partial charge in [-0.15, -0.1) is 0 Å². The number of likely N-dealkylation sites (tertiary alicyclic amines) is 1. The van der Waals surface area contributed by atoms with Crippen LogP contribution in [-0.4, -0.2) is 64.1 Å². The Hall–Kier alpha value is -3.72. The molecule has 0 amide bonds. The summed E-state index contributed by atoms with van der Waals surface area (Å²) >= 11 is 0. The third kappa shape index (κ3) is 5.15. The predicted molar refractivity (Wildman–Crippen MR) is 151 cm³/mol. The number of nitrogens with zero attached hydrogens (tertiary/aromatic N) is 5. The Morgan fingerprint density at radius 1 is 1.18 bits per heavy atom. The molecule has 200 valence electrons. The molecule has 0 unspecified atom stereocenters. The van der Waals surface area contributed by atoms with Crippen molar-refractivity contribution in [3.05, 3.63) is 53.3 Å². The molecule has 0 spiro atoms. The van der Waals surface area contributed by atoms with Crippen molar-refractivity contribution in [2.45, 2.75) is 65.1 Å². The van der Waals surface area contributed by atoms with Crippen LogP contribution in [-0.2, 0) is 11.2 Å². The Morgan fingerprint density at radius 3 is 2.66 bits per heavy atom. The van der Waals surface area contributed by atoms with Crippen molar-refractivity contribution in [2.24, 2.45) is 0 Å². The second kappa shape index (κ2) is 10.6. The summed E-state index contributed by atoms with van der Waals surface area (Å²) in [7, 11) is 2.22. The number of piperazine rings is 1. The number of aryl methyl sites for hydroxylation is 2. The number of nitrogens with one attached hydrogen (secondary N) is 1. The Morgan fingerprint density at radius 2 is 2.00 bits per heavy atom. The van der Waals surface area contributed by atoms with Crippen molar-refractivity contribution in [1.29, 1.82) is 0 Å². The number of aromatic nitrogens is 3. The number of esters is 1. The summed E-state index contributed by atoms with van der Waals surface area (Å²) in [6, 6.07) is 11.2. The van der Waals surface area contributed by atoms with Gasteiger partial charge in [0.1, 0.15) is 11.4 Å². The highest BCUT2D eigenvalue weighted by Crippen LogP contribution is 2.36. The van der Waals surface area contributed by atoms with Crippen LogP contribution in [0.25, 0.3) is 11.3 Å². The average molecular weight is 516 g/mol. The first-order chi connectivity index (χ1) is 18.2. The molecule has 3 aromatic rings. The van der Waals surface area contributed by atoms with Crippen LogP contribution in [0.5, 0.6) is 0 Å². The molecule has 9 heteroatoms. The number of fused-ring (bicyclic) bond motifs is 2. The number of likely N-dealkylation sites (N-methyl/N-ethyl adjacent to an activating group) is 1. The maximum Gasteiger partial charge on any atom is 0.342 e. The number of hydrogen-bond donors (Lipinski definition) is 2. The van der Waals surface area contributed by atoms with Crippen LogP contribution in [0.3, 0.4) is 0 Å². The van der Waals surface area contributed by atoms with Crippen molar-refractivity contribution in [2.75, 3.05) is 36.1 Å². The summed E-state index contributed by atoms with van der Waals surface area (Å²) < 4.78 is 5.38. The van der Waals surface area contributed by atoms with E-state index in [0.717, 1.165) is 36.5 Å². The fraction of sp³-hybridized carbons (Fsp3) is 0.448. The molecule has 5 rings (SSSR count). The smallest absolute Gasteiger partial charge is 0.342 e. The first-order valence-corrected chi connectivity index (χ1v) is 13.4. The predicted octanol–water partition coefficient (Wildman–Crippen LogP) is 4.58. The molecular weight excluding hydrogens is 478 g/mol. The molecule has 4 heterocycles. The molecule has 0 aliphatic carbocycles. The highest BCUT2D eigenvalue weighted by molar-refractivity contribution is 5.95. The monoisotopic (exact) mass is 515 g/mol. The van der Waals surface area contributed by atoms with Gasteiger partial charge in [-0.1, -0.05) is 13.3 Å². The van der Waals surface area contributed by atoms with E-state index in [0.29, 0.717) is 30.1 Å². The molecule has 3 N–H and O–H groups in total. The van der Waals surface area contributed by atoms with E-state index < -0.39 is 5.97 Å². The standard InChI is InChI=1S/C29H37N7O2/c1-6-7-24-22(14-23(27(30)33-24)28(37)38-17(2)3)25-10-11-31-29(34-25)32-19-8-9-26(18(4)12-19)36-16-20-13-21(36)15-35(20)5/h8-12,14,17,20-21H,6-7,13,15-16H2,1-5H3,(H2,30,33)(H,31,32,34)/t20-,21-/m0/s1. The van der Waals surface area contributed by atoms with Gasteiger partial charge in [0.05, 0.1) is 17.5 Å². The number of rotatable bonds is 8. The van der Waals surface area contributed by atoms with Gasteiger partial charge < -0.3 is 20.7 Å².